The largest absolute Gasteiger partial charge is 0.299 e. The number of hydrogen-bond acceptors (Lipinski definition) is 1. The molecule has 0 bridgehead atoms. The minimum absolute atomic E-state index is 0.742. The maximum absolute atomic E-state index is 2.65. The molecule has 0 N–H and O–H groups in total. The molecular formula is C17H25N. The van der Waals surface area contributed by atoms with Crippen LogP contribution in [0.3, 0.4) is 0 Å². The van der Waals surface area contributed by atoms with Gasteiger partial charge >= 0.3 is 0 Å². The van der Waals surface area contributed by atoms with Crippen LogP contribution >= 0.6 is 0 Å². The van der Waals surface area contributed by atoms with Gasteiger partial charge in [-0.15, -0.1) is 0 Å². The Kier molecular flexibility index (Phi) is 3.69. The molecule has 2 fully saturated rings. The van der Waals surface area contributed by atoms with Crippen molar-refractivity contribution in [3.63, 3.8) is 0 Å². The molecule has 3 rings (SSSR count). The summed E-state index contributed by atoms with van der Waals surface area (Å²) >= 11 is 0. The fourth-order valence-electron chi connectivity index (χ4n) is 3.83. The van der Waals surface area contributed by atoms with Crippen molar-refractivity contribution in [1.82, 2.24) is 4.90 Å². The minimum atomic E-state index is 0.742. The molecule has 1 aromatic rings. The zero-order chi connectivity index (χ0) is 12.3. The first-order valence-corrected chi connectivity index (χ1v) is 7.63. The maximum Gasteiger partial charge on any atom is 0.0233 e. The molecule has 18 heavy (non-hydrogen) atoms. The van der Waals surface area contributed by atoms with Crippen LogP contribution in [-0.4, -0.2) is 18.0 Å². The van der Waals surface area contributed by atoms with Gasteiger partial charge in [0.05, 0.1) is 0 Å². The van der Waals surface area contributed by atoms with Crippen molar-refractivity contribution in [3.8, 4) is 0 Å². The molecule has 1 aliphatic heterocycles. The second-order valence-corrected chi connectivity index (χ2v) is 6.32. The standard InChI is InChI=1S/C17H25N/c1-3-7-16(8-4-1)15-18-13-11-17(12-14-18)9-5-2-6-10-17/h1,3-4,7-8H,2,5-6,9-15H2. The van der Waals surface area contributed by atoms with Gasteiger partial charge in [-0.25, -0.2) is 0 Å². The molecule has 0 unspecified atom stereocenters. The molecule has 0 amide bonds. The zero-order valence-corrected chi connectivity index (χ0v) is 11.4. The Morgan fingerprint density at radius 3 is 2.17 bits per heavy atom. The van der Waals surface area contributed by atoms with Crippen molar-refractivity contribution in [2.24, 2.45) is 5.41 Å². The summed E-state index contributed by atoms with van der Waals surface area (Å²) in [4.78, 5) is 2.65. The molecule has 0 atom stereocenters. The van der Waals surface area contributed by atoms with Crippen LogP contribution in [-0.2, 0) is 6.54 Å². The molecule has 1 heteroatoms. The lowest BCUT2D eigenvalue weighted by atomic mass is 9.68. The van der Waals surface area contributed by atoms with E-state index in [0.717, 1.165) is 12.0 Å². The molecule has 2 aliphatic rings. The van der Waals surface area contributed by atoms with Crippen molar-refractivity contribution in [2.75, 3.05) is 13.1 Å². The van der Waals surface area contributed by atoms with Gasteiger partial charge in [-0.2, -0.15) is 0 Å². The molecule has 1 nitrogen and oxygen atoms in total. The normalized spacial score (nSPS) is 24.2. The van der Waals surface area contributed by atoms with Crippen LogP contribution < -0.4 is 0 Å². The predicted octanol–water partition coefficient (Wildman–Crippen LogP) is 4.23. The Bertz CT molecular complexity index is 354. The summed E-state index contributed by atoms with van der Waals surface area (Å²) in [6.45, 7) is 3.78. The summed E-state index contributed by atoms with van der Waals surface area (Å²) in [6.07, 6.45) is 10.4. The average molecular weight is 243 g/mol. The van der Waals surface area contributed by atoms with E-state index in [2.05, 4.69) is 35.2 Å². The summed E-state index contributed by atoms with van der Waals surface area (Å²) in [5.41, 5.74) is 2.21. The Balaban J connectivity index is 1.54. The van der Waals surface area contributed by atoms with Gasteiger partial charge in [0, 0.05) is 6.54 Å². The number of rotatable bonds is 2. The molecule has 0 aromatic heterocycles. The smallest absolute Gasteiger partial charge is 0.0233 e. The predicted molar refractivity (Wildman–Crippen MR) is 76.5 cm³/mol. The Morgan fingerprint density at radius 2 is 1.50 bits per heavy atom. The molecule has 1 aliphatic carbocycles. The summed E-state index contributed by atoms with van der Waals surface area (Å²) in [5.74, 6) is 0. The Morgan fingerprint density at radius 1 is 0.833 bits per heavy atom. The quantitative estimate of drug-likeness (QED) is 0.751. The van der Waals surface area contributed by atoms with E-state index in [0.29, 0.717) is 0 Å². The highest BCUT2D eigenvalue weighted by Crippen LogP contribution is 2.44. The highest BCUT2D eigenvalue weighted by atomic mass is 15.1. The lowest BCUT2D eigenvalue weighted by Gasteiger charge is -2.44. The molecule has 0 radical (unpaired) electrons. The van der Waals surface area contributed by atoms with Gasteiger partial charge in [0.2, 0.25) is 0 Å². The van der Waals surface area contributed by atoms with E-state index in [4.69, 9.17) is 0 Å². The fraction of sp³-hybridized carbons (Fsp3) is 0.647. The van der Waals surface area contributed by atoms with Crippen molar-refractivity contribution in [2.45, 2.75) is 51.5 Å². The number of nitrogens with zero attached hydrogens (tertiary/aromatic N) is 1. The van der Waals surface area contributed by atoms with Gasteiger partial charge in [0.15, 0.2) is 0 Å². The molecule has 1 heterocycles. The van der Waals surface area contributed by atoms with Crippen LogP contribution in [0, 0.1) is 5.41 Å². The van der Waals surface area contributed by atoms with Crippen molar-refractivity contribution in [1.29, 1.82) is 0 Å². The average Bonchev–Trinajstić information content (AvgIpc) is 2.44. The van der Waals surface area contributed by atoms with Crippen molar-refractivity contribution in [3.05, 3.63) is 35.9 Å². The van der Waals surface area contributed by atoms with Crippen LogP contribution in [0.5, 0.6) is 0 Å². The van der Waals surface area contributed by atoms with Crippen LogP contribution in [0.4, 0.5) is 0 Å². The fourth-order valence-corrected chi connectivity index (χ4v) is 3.83. The summed E-state index contributed by atoms with van der Waals surface area (Å²) in [7, 11) is 0. The van der Waals surface area contributed by atoms with E-state index in [-0.39, 0.29) is 0 Å². The second-order valence-electron chi connectivity index (χ2n) is 6.32. The SMILES string of the molecule is c1ccc(CN2CCC3(CCCCC3)CC2)cc1. The lowest BCUT2D eigenvalue weighted by molar-refractivity contribution is 0.0641. The first kappa shape index (κ1) is 12.2. The Hall–Kier alpha value is -0.820. The highest BCUT2D eigenvalue weighted by molar-refractivity contribution is 5.14. The third kappa shape index (κ3) is 2.77. The summed E-state index contributed by atoms with van der Waals surface area (Å²) < 4.78 is 0. The van der Waals surface area contributed by atoms with Gasteiger partial charge in [0.25, 0.3) is 0 Å². The summed E-state index contributed by atoms with van der Waals surface area (Å²) in [5, 5.41) is 0. The topological polar surface area (TPSA) is 3.24 Å². The summed E-state index contributed by atoms with van der Waals surface area (Å²) in [6, 6.07) is 10.9. The van der Waals surface area contributed by atoms with Gasteiger partial charge in [-0.1, -0.05) is 49.6 Å². The van der Waals surface area contributed by atoms with Crippen LogP contribution in [0.25, 0.3) is 0 Å². The van der Waals surface area contributed by atoms with Gasteiger partial charge in [-0.05, 0) is 49.8 Å². The third-order valence-electron chi connectivity index (χ3n) is 5.08. The van der Waals surface area contributed by atoms with Gasteiger partial charge < -0.3 is 0 Å². The first-order chi connectivity index (χ1) is 8.86. The number of hydrogen-bond donors (Lipinski definition) is 0. The van der Waals surface area contributed by atoms with E-state index in [1.165, 1.54) is 63.6 Å². The maximum atomic E-state index is 2.65. The lowest BCUT2D eigenvalue weighted by Crippen LogP contribution is -2.40. The van der Waals surface area contributed by atoms with Crippen LogP contribution in [0.1, 0.15) is 50.5 Å². The Labute approximate surface area is 111 Å². The molecule has 1 saturated carbocycles. The number of likely N-dealkylation sites (tertiary alicyclic amines) is 1. The van der Waals surface area contributed by atoms with E-state index in [1.54, 1.807) is 0 Å². The molecule has 1 spiro atoms. The van der Waals surface area contributed by atoms with Crippen LogP contribution in [0.15, 0.2) is 30.3 Å². The van der Waals surface area contributed by atoms with Gasteiger partial charge in [0.1, 0.15) is 0 Å². The van der Waals surface area contributed by atoms with Crippen molar-refractivity contribution < 1.29 is 0 Å². The monoisotopic (exact) mass is 243 g/mol. The molecular weight excluding hydrogens is 218 g/mol. The van der Waals surface area contributed by atoms with E-state index in [1.807, 2.05) is 0 Å². The minimum Gasteiger partial charge on any atom is -0.299 e. The van der Waals surface area contributed by atoms with Gasteiger partial charge in [-0.3, -0.25) is 4.90 Å². The third-order valence-corrected chi connectivity index (χ3v) is 5.08. The second kappa shape index (κ2) is 5.44. The van der Waals surface area contributed by atoms with E-state index >= 15 is 0 Å². The highest BCUT2D eigenvalue weighted by Gasteiger charge is 2.35. The van der Waals surface area contributed by atoms with E-state index in [9.17, 15) is 0 Å². The van der Waals surface area contributed by atoms with Crippen LogP contribution in [0.2, 0.25) is 0 Å². The number of benzene rings is 1. The zero-order valence-electron chi connectivity index (χ0n) is 11.4. The molecule has 1 saturated heterocycles. The first-order valence-electron chi connectivity index (χ1n) is 7.63. The number of piperidine rings is 1. The van der Waals surface area contributed by atoms with E-state index < -0.39 is 0 Å². The molecule has 98 valence electrons. The molecule has 1 aromatic carbocycles. The van der Waals surface area contributed by atoms with Crippen molar-refractivity contribution >= 4 is 0 Å².